The number of aromatic carboxylic acids is 1. The third-order valence-electron chi connectivity index (χ3n) is 3.00. The molecule has 1 amide bonds. The van der Waals surface area contributed by atoms with Gasteiger partial charge in [-0.1, -0.05) is 0 Å². The molecule has 96 valence electrons. The van der Waals surface area contributed by atoms with Gasteiger partial charge in [0.1, 0.15) is 0 Å². The topological polar surface area (TPSA) is 70.5 Å². The standard InChI is InChI=1S/C12H13ClN2O3/c13-4-1-11(16)15-6-3-10-9(7-15)8(12(17)18)2-5-14-10/h2,5H,1,3-4,6-7H2,(H,17,18). The van der Waals surface area contributed by atoms with Crippen molar-refractivity contribution in [2.75, 3.05) is 12.4 Å². The van der Waals surface area contributed by atoms with E-state index in [1.807, 2.05) is 0 Å². The summed E-state index contributed by atoms with van der Waals surface area (Å²) in [6, 6.07) is 1.47. The Bertz CT molecular complexity index is 490. The van der Waals surface area contributed by atoms with Crippen molar-refractivity contribution >= 4 is 23.5 Å². The van der Waals surface area contributed by atoms with Gasteiger partial charge in [0.2, 0.25) is 5.91 Å². The first-order chi connectivity index (χ1) is 8.63. The Morgan fingerprint density at radius 2 is 2.28 bits per heavy atom. The summed E-state index contributed by atoms with van der Waals surface area (Å²) in [5, 5.41) is 9.12. The predicted octanol–water partition coefficient (Wildman–Crippen LogP) is 1.29. The van der Waals surface area contributed by atoms with Crippen LogP contribution in [0.4, 0.5) is 0 Å². The Kier molecular flexibility index (Phi) is 3.81. The van der Waals surface area contributed by atoms with E-state index in [4.69, 9.17) is 16.7 Å². The number of amides is 1. The van der Waals surface area contributed by atoms with Crippen molar-refractivity contribution in [2.45, 2.75) is 19.4 Å². The lowest BCUT2D eigenvalue weighted by Crippen LogP contribution is -2.37. The molecule has 2 heterocycles. The molecule has 0 aliphatic carbocycles. The van der Waals surface area contributed by atoms with Crippen molar-refractivity contribution in [3.8, 4) is 0 Å². The first kappa shape index (κ1) is 12.8. The highest BCUT2D eigenvalue weighted by molar-refractivity contribution is 6.18. The van der Waals surface area contributed by atoms with Gasteiger partial charge in [0.15, 0.2) is 0 Å². The molecule has 1 aromatic heterocycles. The Morgan fingerprint density at radius 1 is 1.50 bits per heavy atom. The number of carboxylic acid groups (broad SMARTS) is 1. The van der Waals surface area contributed by atoms with E-state index in [1.54, 1.807) is 4.90 Å². The zero-order valence-electron chi connectivity index (χ0n) is 9.73. The maximum Gasteiger partial charge on any atom is 0.336 e. The number of hydrogen-bond donors (Lipinski definition) is 1. The van der Waals surface area contributed by atoms with E-state index in [-0.39, 0.29) is 23.8 Å². The lowest BCUT2D eigenvalue weighted by atomic mass is 10.00. The Morgan fingerprint density at radius 3 is 2.94 bits per heavy atom. The third kappa shape index (κ3) is 2.46. The Balaban J connectivity index is 2.27. The molecule has 1 aliphatic heterocycles. The van der Waals surface area contributed by atoms with Gasteiger partial charge >= 0.3 is 5.97 Å². The van der Waals surface area contributed by atoms with Gasteiger partial charge in [0.25, 0.3) is 0 Å². The van der Waals surface area contributed by atoms with E-state index in [9.17, 15) is 9.59 Å². The molecule has 0 unspecified atom stereocenters. The molecule has 6 heteroatoms. The second kappa shape index (κ2) is 5.35. The largest absolute Gasteiger partial charge is 0.478 e. The van der Waals surface area contributed by atoms with Crippen molar-refractivity contribution in [1.29, 1.82) is 0 Å². The number of halogens is 1. The number of hydrogen-bond acceptors (Lipinski definition) is 3. The molecule has 0 radical (unpaired) electrons. The average molecular weight is 269 g/mol. The van der Waals surface area contributed by atoms with E-state index < -0.39 is 5.97 Å². The molecule has 0 atom stereocenters. The molecule has 0 fully saturated rings. The van der Waals surface area contributed by atoms with Crippen molar-refractivity contribution in [1.82, 2.24) is 9.88 Å². The maximum absolute atomic E-state index is 11.8. The van der Waals surface area contributed by atoms with Crippen molar-refractivity contribution in [3.05, 3.63) is 29.1 Å². The first-order valence-corrected chi connectivity index (χ1v) is 6.20. The predicted molar refractivity (Wildman–Crippen MR) is 65.7 cm³/mol. The fraction of sp³-hybridized carbons (Fsp3) is 0.417. The minimum Gasteiger partial charge on any atom is -0.478 e. The van der Waals surface area contributed by atoms with Crippen LogP contribution in [0.2, 0.25) is 0 Å². The molecule has 0 spiro atoms. The van der Waals surface area contributed by atoms with Crippen LogP contribution >= 0.6 is 11.6 Å². The number of rotatable bonds is 3. The van der Waals surface area contributed by atoms with E-state index in [2.05, 4.69) is 4.98 Å². The minimum absolute atomic E-state index is 0.0455. The van der Waals surface area contributed by atoms with Crippen LogP contribution in [-0.2, 0) is 17.8 Å². The normalized spacial score (nSPS) is 14.2. The average Bonchev–Trinajstić information content (AvgIpc) is 2.37. The molecule has 2 rings (SSSR count). The van der Waals surface area contributed by atoms with Gasteiger partial charge in [-0.25, -0.2) is 4.79 Å². The van der Waals surface area contributed by atoms with Gasteiger partial charge in [-0.05, 0) is 6.07 Å². The third-order valence-corrected chi connectivity index (χ3v) is 3.19. The summed E-state index contributed by atoms with van der Waals surface area (Å²) in [6.07, 6.45) is 2.36. The Labute approximate surface area is 109 Å². The summed E-state index contributed by atoms with van der Waals surface area (Å²) in [4.78, 5) is 28.7. The molecule has 0 saturated carbocycles. The van der Waals surface area contributed by atoms with Crippen molar-refractivity contribution < 1.29 is 14.7 Å². The number of nitrogens with zero attached hydrogens (tertiary/aromatic N) is 2. The van der Waals surface area contributed by atoms with Crippen molar-refractivity contribution in [2.24, 2.45) is 0 Å². The van der Waals surface area contributed by atoms with E-state index in [1.165, 1.54) is 12.3 Å². The highest BCUT2D eigenvalue weighted by Crippen LogP contribution is 2.21. The van der Waals surface area contributed by atoms with Crippen LogP contribution in [0.3, 0.4) is 0 Å². The SMILES string of the molecule is O=C(O)c1ccnc2c1CN(C(=O)CCCl)CC2. The monoisotopic (exact) mass is 268 g/mol. The zero-order valence-corrected chi connectivity index (χ0v) is 10.5. The number of carbonyl (C=O) groups excluding carboxylic acids is 1. The summed E-state index contributed by atoms with van der Waals surface area (Å²) in [5.74, 6) is -0.753. The summed E-state index contributed by atoms with van der Waals surface area (Å²) in [5.41, 5.74) is 1.63. The molecular weight excluding hydrogens is 256 g/mol. The van der Waals surface area contributed by atoms with Crippen LogP contribution in [0, 0.1) is 0 Å². The first-order valence-electron chi connectivity index (χ1n) is 5.67. The molecule has 0 saturated heterocycles. The number of aromatic nitrogens is 1. The summed E-state index contributed by atoms with van der Waals surface area (Å²) < 4.78 is 0. The van der Waals surface area contributed by atoms with Gasteiger partial charge in [-0.2, -0.15) is 0 Å². The molecule has 1 N–H and O–H groups in total. The van der Waals surface area contributed by atoms with E-state index in [0.29, 0.717) is 25.1 Å². The lowest BCUT2D eigenvalue weighted by Gasteiger charge is -2.29. The zero-order chi connectivity index (χ0) is 13.1. The second-order valence-electron chi connectivity index (χ2n) is 4.09. The second-order valence-corrected chi connectivity index (χ2v) is 4.47. The van der Waals surface area contributed by atoms with Crippen molar-refractivity contribution in [3.63, 3.8) is 0 Å². The van der Waals surface area contributed by atoms with Crippen LogP contribution in [0.5, 0.6) is 0 Å². The molecular formula is C12H13ClN2O3. The minimum atomic E-state index is -0.986. The van der Waals surface area contributed by atoms with Crippen LogP contribution in [0.1, 0.15) is 28.0 Å². The van der Waals surface area contributed by atoms with Crippen LogP contribution < -0.4 is 0 Å². The van der Waals surface area contributed by atoms with Gasteiger partial charge in [-0.3, -0.25) is 9.78 Å². The Hall–Kier alpha value is -1.62. The van der Waals surface area contributed by atoms with Crippen LogP contribution in [-0.4, -0.2) is 39.3 Å². The smallest absolute Gasteiger partial charge is 0.336 e. The molecule has 5 nitrogen and oxygen atoms in total. The van der Waals surface area contributed by atoms with Crippen LogP contribution in [0.15, 0.2) is 12.3 Å². The summed E-state index contributed by atoms with van der Waals surface area (Å²) in [6.45, 7) is 0.874. The summed E-state index contributed by atoms with van der Waals surface area (Å²) in [7, 11) is 0. The lowest BCUT2D eigenvalue weighted by molar-refractivity contribution is -0.131. The molecule has 18 heavy (non-hydrogen) atoms. The molecule has 1 aliphatic rings. The number of pyridine rings is 1. The van der Waals surface area contributed by atoms with Gasteiger partial charge < -0.3 is 10.0 Å². The van der Waals surface area contributed by atoms with Gasteiger partial charge in [0.05, 0.1) is 5.56 Å². The van der Waals surface area contributed by atoms with E-state index in [0.717, 1.165) is 5.69 Å². The number of alkyl halides is 1. The van der Waals surface area contributed by atoms with Gasteiger partial charge in [-0.15, -0.1) is 11.6 Å². The van der Waals surface area contributed by atoms with Crippen LogP contribution in [0.25, 0.3) is 0 Å². The fourth-order valence-electron chi connectivity index (χ4n) is 2.09. The van der Waals surface area contributed by atoms with E-state index >= 15 is 0 Å². The number of carboxylic acids is 1. The molecule has 0 bridgehead atoms. The molecule has 1 aromatic rings. The fourth-order valence-corrected chi connectivity index (χ4v) is 2.25. The maximum atomic E-state index is 11.8. The quantitative estimate of drug-likeness (QED) is 0.839. The molecule has 0 aromatic carbocycles. The highest BCUT2D eigenvalue weighted by atomic mass is 35.5. The van der Waals surface area contributed by atoms with Gasteiger partial charge in [0, 0.05) is 49.3 Å². The highest BCUT2D eigenvalue weighted by Gasteiger charge is 2.24. The number of carbonyl (C=O) groups is 2. The number of fused-ring (bicyclic) bond motifs is 1. The summed E-state index contributed by atoms with van der Waals surface area (Å²) >= 11 is 5.54.